The molecule has 3 aliphatic carbocycles. The minimum Gasteiger partial charge on any atom is -1.00 e. The maximum Gasteiger partial charge on any atom is -1.00 e. The molecule has 2 aromatic rings. The maximum absolute atomic E-state index is 2.48. The normalized spacial score (nSPS) is 21.5. The zero-order valence-corrected chi connectivity index (χ0v) is 18.9. The summed E-state index contributed by atoms with van der Waals surface area (Å²) in [6.45, 7) is 2.39. The predicted molar refractivity (Wildman–Crippen MR) is 97.4 cm³/mol. The molecule has 0 bridgehead atoms. The van der Waals surface area contributed by atoms with Crippen molar-refractivity contribution in [3.05, 3.63) is 76.9 Å². The van der Waals surface area contributed by atoms with E-state index >= 15 is 0 Å². The molecule has 0 saturated heterocycles. The van der Waals surface area contributed by atoms with Crippen LogP contribution in [0, 0.1) is 12.8 Å². The Kier molecular flexibility index (Phi) is 6.33. The van der Waals surface area contributed by atoms with Crippen LogP contribution in [0.5, 0.6) is 0 Å². The number of hydrogen-bond acceptors (Lipinski definition) is 0. The summed E-state index contributed by atoms with van der Waals surface area (Å²) in [6.07, 6.45) is 12.4. The number of fused-ring (bicyclic) bond motifs is 4. The summed E-state index contributed by atoms with van der Waals surface area (Å²) in [7, 11) is 0. The van der Waals surface area contributed by atoms with Gasteiger partial charge in [0, 0.05) is 0 Å². The molecule has 0 spiro atoms. The number of benzene rings is 2. The Hall–Kier alpha value is -0.617. The third-order valence-corrected chi connectivity index (χ3v) is 10.6. The van der Waals surface area contributed by atoms with Gasteiger partial charge in [-0.15, -0.1) is 0 Å². The van der Waals surface area contributed by atoms with Crippen LogP contribution in [-0.4, -0.2) is 0 Å². The van der Waals surface area contributed by atoms with Crippen LogP contribution in [0.4, 0.5) is 0 Å². The van der Waals surface area contributed by atoms with Gasteiger partial charge < -0.3 is 24.8 Å². The Bertz CT molecular complexity index is 882. The van der Waals surface area contributed by atoms with Crippen LogP contribution in [-0.2, 0) is 29.7 Å². The molecule has 3 heteroatoms. The van der Waals surface area contributed by atoms with E-state index in [9.17, 15) is 0 Å². The molecular weight excluding hydrogens is 438 g/mol. The number of rotatable bonds is 2. The predicted octanol–water partition coefficient (Wildman–Crippen LogP) is -0.633. The molecule has 5 rings (SSSR count). The van der Waals surface area contributed by atoms with Crippen molar-refractivity contribution >= 4 is 3.27 Å². The van der Waals surface area contributed by atoms with Crippen molar-refractivity contribution in [3.8, 4) is 11.1 Å². The molecule has 0 aliphatic heterocycles. The fourth-order valence-electron chi connectivity index (χ4n) is 4.78. The van der Waals surface area contributed by atoms with Gasteiger partial charge in [-0.05, 0) is 0 Å². The topological polar surface area (TPSA) is 0 Å². The zero-order valence-electron chi connectivity index (χ0n) is 14.9. The molecule has 0 aromatic heterocycles. The molecule has 1 fully saturated rings. The second-order valence-corrected chi connectivity index (χ2v) is 11.1. The summed E-state index contributed by atoms with van der Waals surface area (Å²) in [6, 6.07) is 13.9. The quantitative estimate of drug-likeness (QED) is 0.478. The van der Waals surface area contributed by atoms with Crippen LogP contribution in [0.15, 0.2) is 60.2 Å². The average molecular weight is 461 g/mol. The number of halogens is 2. The van der Waals surface area contributed by atoms with E-state index in [1.807, 2.05) is 0 Å². The Balaban J connectivity index is 0.000000980. The average Bonchev–Trinajstić information content (AvgIpc) is 3.19. The van der Waals surface area contributed by atoms with Gasteiger partial charge in [0.05, 0.1) is 0 Å². The first kappa shape index (κ1) is 20.1. The standard InChI is InChI=1S/C14H11.C9H11.2ClH.Zr/c1-10-5-4-8-13-12-7-3-2-6-11(12)9-14(10)13;1-2-5-9-7-3-6-8(9)4-1;;;/h2-4,6-8H,9H2,1H3;1-2,4,6,9H,3,5,7H2;2*1H;/q;;;;+2/p-2. The van der Waals surface area contributed by atoms with Crippen molar-refractivity contribution in [2.75, 3.05) is 0 Å². The fraction of sp³-hybridized carbons (Fsp3) is 0.304. The molecule has 0 radical (unpaired) electrons. The summed E-state index contributed by atoms with van der Waals surface area (Å²) in [5.41, 5.74) is 9.50. The van der Waals surface area contributed by atoms with E-state index in [1.54, 1.807) is 20.0 Å². The van der Waals surface area contributed by atoms with Crippen LogP contribution in [0.3, 0.4) is 0 Å². The molecule has 26 heavy (non-hydrogen) atoms. The minimum atomic E-state index is -0.564. The Morgan fingerprint density at radius 3 is 2.69 bits per heavy atom. The van der Waals surface area contributed by atoms with E-state index in [2.05, 4.69) is 61.5 Å². The van der Waals surface area contributed by atoms with Gasteiger partial charge in [-0.25, -0.2) is 0 Å². The Morgan fingerprint density at radius 2 is 1.81 bits per heavy atom. The second kappa shape index (κ2) is 8.18. The van der Waals surface area contributed by atoms with Gasteiger partial charge in [-0.2, -0.15) is 0 Å². The molecular formula is C23H22Cl2Zr. The zero-order chi connectivity index (χ0) is 16.1. The summed E-state index contributed by atoms with van der Waals surface area (Å²) in [5.74, 6) is 0.875. The monoisotopic (exact) mass is 458 g/mol. The van der Waals surface area contributed by atoms with Gasteiger partial charge in [0.1, 0.15) is 0 Å². The van der Waals surface area contributed by atoms with Gasteiger partial charge in [0.25, 0.3) is 0 Å². The molecule has 2 atom stereocenters. The van der Waals surface area contributed by atoms with Gasteiger partial charge in [0.15, 0.2) is 0 Å². The first-order valence-corrected chi connectivity index (χ1v) is 11.8. The maximum atomic E-state index is 2.48. The number of hydrogen-bond donors (Lipinski definition) is 0. The molecule has 1 saturated carbocycles. The third kappa shape index (κ3) is 3.32. The van der Waals surface area contributed by atoms with Gasteiger partial charge in [-0.3, -0.25) is 0 Å². The summed E-state index contributed by atoms with van der Waals surface area (Å²) in [4.78, 5) is 0. The molecule has 0 N–H and O–H groups in total. The molecule has 132 valence electrons. The third-order valence-electron chi connectivity index (χ3n) is 6.13. The first-order chi connectivity index (χ1) is 11.8. The van der Waals surface area contributed by atoms with E-state index < -0.39 is 23.2 Å². The van der Waals surface area contributed by atoms with E-state index in [1.165, 1.54) is 36.0 Å². The van der Waals surface area contributed by atoms with Crippen molar-refractivity contribution in [1.82, 2.24) is 0 Å². The van der Waals surface area contributed by atoms with Gasteiger partial charge in [-0.1, -0.05) is 0 Å². The van der Waals surface area contributed by atoms with E-state index in [0.29, 0.717) is 0 Å². The Labute approximate surface area is 180 Å². The first-order valence-electron chi connectivity index (χ1n) is 9.15. The van der Waals surface area contributed by atoms with Crippen molar-refractivity contribution in [3.63, 3.8) is 0 Å². The molecule has 2 aromatic carbocycles. The van der Waals surface area contributed by atoms with Crippen molar-refractivity contribution < 1.29 is 48.0 Å². The van der Waals surface area contributed by atoms with Crippen LogP contribution in [0.2, 0.25) is 3.63 Å². The summed E-state index contributed by atoms with van der Waals surface area (Å²) < 4.78 is 2.68. The van der Waals surface area contributed by atoms with Crippen LogP contribution in [0.25, 0.3) is 11.1 Å². The minimum absolute atomic E-state index is 0. The fourth-order valence-corrected chi connectivity index (χ4v) is 9.04. The van der Waals surface area contributed by atoms with Gasteiger partial charge in [0.2, 0.25) is 0 Å². The molecule has 2 unspecified atom stereocenters. The second-order valence-electron chi connectivity index (χ2n) is 7.40. The molecule has 3 aliphatic rings. The smallest absolute Gasteiger partial charge is 1.00 e. The molecule has 0 nitrogen and oxygen atoms in total. The van der Waals surface area contributed by atoms with Gasteiger partial charge >= 0.3 is 157 Å². The molecule has 0 amide bonds. The van der Waals surface area contributed by atoms with E-state index in [0.717, 1.165) is 16.0 Å². The SMILES string of the molecule is Cc1[c]([Zr+2][CH]2CCC3CC=CC=C32)ccc2c1Cc1ccccc1-2.[Cl-].[Cl-]. The van der Waals surface area contributed by atoms with Crippen LogP contribution >= 0.6 is 0 Å². The summed E-state index contributed by atoms with van der Waals surface area (Å²) >= 11 is -0.564. The molecule has 0 heterocycles. The van der Waals surface area contributed by atoms with E-state index in [-0.39, 0.29) is 24.8 Å². The van der Waals surface area contributed by atoms with Crippen molar-refractivity contribution in [2.24, 2.45) is 5.92 Å². The van der Waals surface area contributed by atoms with Crippen molar-refractivity contribution in [2.45, 2.75) is 36.2 Å². The largest absolute Gasteiger partial charge is 1.00 e. The van der Waals surface area contributed by atoms with Crippen molar-refractivity contribution in [1.29, 1.82) is 0 Å². The Morgan fingerprint density at radius 1 is 0.962 bits per heavy atom. The van der Waals surface area contributed by atoms with Crippen LogP contribution in [0.1, 0.15) is 36.0 Å². The van der Waals surface area contributed by atoms with E-state index in [4.69, 9.17) is 0 Å². The summed E-state index contributed by atoms with van der Waals surface area (Å²) in [5, 5.41) is 0. The van der Waals surface area contributed by atoms with Crippen LogP contribution < -0.4 is 28.1 Å². The number of allylic oxidation sites excluding steroid dienone is 4.